The molecule has 4 atom stereocenters. The monoisotopic (exact) mass is 390 g/mol. The minimum Gasteiger partial charge on any atom is -0.462 e. The fourth-order valence-corrected chi connectivity index (χ4v) is 3.00. The van der Waals surface area contributed by atoms with Crippen molar-refractivity contribution in [2.75, 3.05) is 11.9 Å². The number of anilines is 1. The van der Waals surface area contributed by atoms with Crippen LogP contribution in [0.2, 0.25) is 0 Å². The van der Waals surface area contributed by atoms with Crippen molar-refractivity contribution in [1.82, 2.24) is 5.32 Å². The van der Waals surface area contributed by atoms with Crippen LogP contribution in [0.1, 0.15) is 45.4 Å². The summed E-state index contributed by atoms with van der Waals surface area (Å²) in [5.41, 5.74) is 0.613. The smallest absolute Gasteiger partial charge is 0.319 e. The van der Waals surface area contributed by atoms with Gasteiger partial charge in [0.2, 0.25) is 6.29 Å². The van der Waals surface area contributed by atoms with E-state index >= 15 is 0 Å². The topological polar surface area (TPSA) is 100 Å². The van der Waals surface area contributed by atoms with Crippen molar-refractivity contribution in [3.8, 4) is 18.1 Å². The first-order chi connectivity index (χ1) is 13.5. The molecule has 1 unspecified atom stereocenters. The Morgan fingerprint density at radius 3 is 2.75 bits per heavy atom. The molecule has 1 aliphatic rings. The zero-order valence-electron chi connectivity index (χ0n) is 16.3. The number of nitrogens with one attached hydrogen (secondary N) is 2. The van der Waals surface area contributed by atoms with Crippen LogP contribution in [0.25, 0.3) is 0 Å². The average molecular weight is 390 g/mol. The summed E-state index contributed by atoms with van der Waals surface area (Å²) in [4.78, 5) is 11.8. The second-order valence-electron chi connectivity index (χ2n) is 6.89. The van der Waals surface area contributed by atoms with E-state index in [0.717, 1.165) is 25.7 Å². The Labute approximate surface area is 166 Å². The largest absolute Gasteiger partial charge is 0.462 e. The summed E-state index contributed by atoms with van der Waals surface area (Å²) in [6.45, 7) is 2.60. The van der Waals surface area contributed by atoms with Gasteiger partial charge in [-0.3, -0.25) is 0 Å². The third-order valence-corrected chi connectivity index (χ3v) is 4.51. The van der Waals surface area contributed by atoms with Crippen LogP contribution in [-0.2, 0) is 4.74 Å². The number of hydrogen-bond donors (Lipinski definition) is 4. The van der Waals surface area contributed by atoms with Crippen LogP contribution in [0.15, 0.2) is 24.3 Å². The third kappa shape index (κ3) is 7.04. The highest BCUT2D eigenvalue weighted by atomic mass is 16.7. The Kier molecular flexibility index (Phi) is 9.08. The second kappa shape index (κ2) is 11.5. The summed E-state index contributed by atoms with van der Waals surface area (Å²) in [5.74, 6) is 3.05. The van der Waals surface area contributed by atoms with E-state index in [0.29, 0.717) is 30.8 Å². The van der Waals surface area contributed by atoms with Crippen LogP contribution in [0, 0.1) is 12.3 Å². The number of aliphatic hydroxyl groups is 2. The van der Waals surface area contributed by atoms with E-state index in [1.54, 1.807) is 24.3 Å². The van der Waals surface area contributed by atoms with Crippen molar-refractivity contribution >= 4 is 11.7 Å². The summed E-state index contributed by atoms with van der Waals surface area (Å²) >= 11 is 0. The summed E-state index contributed by atoms with van der Waals surface area (Å²) in [6, 6.07) is 6.46. The molecule has 2 amide bonds. The molecular weight excluding hydrogens is 360 g/mol. The molecule has 28 heavy (non-hydrogen) atoms. The number of benzene rings is 1. The van der Waals surface area contributed by atoms with Crippen molar-refractivity contribution < 1.29 is 24.5 Å². The predicted octanol–water partition coefficient (Wildman–Crippen LogP) is 2.63. The lowest BCUT2D eigenvalue weighted by molar-refractivity contribution is -0.236. The van der Waals surface area contributed by atoms with Crippen molar-refractivity contribution in [3.63, 3.8) is 0 Å². The number of aliphatic hydroxyl groups excluding tert-OH is 2. The van der Waals surface area contributed by atoms with Gasteiger partial charge in [-0.05, 0) is 43.5 Å². The molecule has 2 rings (SSSR count). The molecule has 0 aromatic heterocycles. The van der Waals surface area contributed by atoms with Crippen LogP contribution >= 0.6 is 0 Å². The molecule has 1 aromatic carbocycles. The van der Waals surface area contributed by atoms with Gasteiger partial charge in [0.1, 0.15) is 11.9 Å². The van der Waals surface area contributed by atoms with Gasteiger partial charge in [-0.2, -0.15) is 0 Å². The number of hydrogen-bond acceptors (Lipinski definition) is 5. The van der Waals surface area contributed by atoms with Crippen molar-refractivity contribution in [3.05, 3.63) is 24.3 Å². The number of carbonyl (C=O) groups is 1. The van der Waals surface area contributed by atoms with Crippen LogP contribution < -0.4 is 15.4 Å². The quantitative estimate of drug-likeness (QED) is 0.384. The number of urea groups is 1. The lowest BCUT2D eigenvalue weighted by Gasteiger charge is -2.36. The number of terminal acetylenes is 1. The highest BCUT2D eigenvalue weighted by Gasteiger charge is 2.37. The van der Waals surface area contributed by atoms with Crippen LogP contribution in [0.3, 0.4) is 0 Å². The van der Waals surface area contributed by atoms with Gasteiger partial charge < -0.3 is 30.3 Å². The summed E-state index contributed by atoms with van der Waals surface area (Å²) in [7, 11) is 0. The second-order valence-corrected chi connectivity index (χ2v) is 6.89. The molecule has 1 aliphatic heterocycles. The molecule has 4 N–H and O–H groups in total. The molecule has 0 saturated carbocycles. The van der Waals surface area contributed by atoms with E-state index in [1.165, 1.54) is 0 Å². The zero-order valence-corrected chi connectivity index (χ0v) is 16.3. The van der Waals surface area contributed by atoms with E-state index < -0.39 is 18.5 Å². The molecule has 7 heteroatoms. The summed E-state index contributed by atoms with van der Waals surface area (Å²) in [6.07, 6.45) is 6.68. The summed E-state index contributed by atoms with van der Waals surface area (Å²) < 4.78 is 11.5. The number of ether oxygens (including phenoxy) is 2. The van der Waals surface area contributed by atoms with E-state index in [9.17, 15) is 15.0 Å². The molecular formula is C21H30N2O5. The number of rotatable bonds is 9. The fraction of sp³-hybridized carbons (Fsp3) is 0.571. The maximum Gasteiger partial charge on any atom is 0.319 e. The number of amides is 2. The Hall–Kier alpha value is -2.27. The summed E-state index contributed by atoms with van der Waals surface area (Å²) in [5, 5.41) is 25.6. The lowest BCUT2D eigenvalue weighted by atomic mass is 9.99. The number of carbonyl (C=O) groups excluding carboxylic acids is 1. The van der Waals surface area contributed by atoms with Gasteiger partial charge in [0.25, 0.3) is 0 Å². The molecule has 7 nitrogen and oxygen atoms in total. The van der Waals surface area contributed by atoms with Crippen LogP contribution in [0.5, 0.6) is 5.75 Å². The maximum absolute atomic E-state index is 11.8. The average Bonchev–Trinajstić information content (AvgIpc) is 2.67. The number of unbranched alkanes of at least 4 members (excludes halogenated alkanes) is 2. The van der Waals surface area contributed by atoms with Crippen LogP contribution in [0.4, 0.5) is 10.5 Å². The third-order valence-electron chi connectivity index (χ3n) is 4.51. The van der Waals surface area contributed by atoms with Gasteiger partial charge in [0, 0.05) is 25.1 Å². The van der Waals surface area contributed by atoms with Crippen molar-refractivity contribution in [2.45, 2.75) is 70.1 Å². The Bertz CT molecular complexity index is 643. The SMILES string of the molecule is C#CCCCCNC(=O)Nc1ccc(OC2O[C@H](CCC)C[C@H](O)[C@@H]2O)cc1. The predicted molar refractivity (Wildman–Crippen MR) is 107 cm³/mol. The standard InChI is InChI=1S/C21H30N2O5/c1-3-5-6-7-13-22-21(26)23-15-9-11-16(12-10-15)27-20-19(25)18(24)14-17(28-20)8-4-2/h1,9-12,17-20,24-25H,4-8,13-14H2,2H3,(H2,22,23,26)/t17-,18+,19+,20?/m1/s1. The molecule has 0 aliphatic carbocycles. The fourth-order valence-electron chi connectivity index (χ4n) is 3.00. The van der Waals surface area contributed by atoms with Gasteiger partial charge >= 0.3 is 6.03 Å². The van der Waals surface area contributed by atoms with Gasteiger partial charge in [-0.25, -0.2) is 4.79 Å². The molecule has 0 bridgehead atoms. The van der Waals surface area contributed by atoms with E-state index in [4.69, 9.17) is 15.9 Å². The molecule has 154 valence electrons. The van der Waals surface area contributed by atoms with Crippen molar-refractivity contribution in [2.24, 2.45) is 0 Å². The highest BCUT2D eigenvalue weighted by Crippen LogP contribution is 2.26. The first-order valence-corrected chi connectivity index (χ1v) is 9.80. The Morgan fingerprint density at radius 1 is 1.32 bits per heavy atom. The first-order valence-electron chi connectivity index (χ1n) is 9.80. The minimum atomic E-state index is -1.11. The zero-order chi connectivity index (χ0) is 20.4. The molecule has 0 spiro atoms. The normalized spacial score (nSPS) is 24.2. The first kappa shape index (κ1) is 22.0. The molecule has 1 fully saturated rings. The molecule has 0 radical (unpaired) electrons. The molecule has 1 aromatic rings. The Balaban J connectivity index is 1.81. The van der Waals surface area contributed by atoms with E-state index in [1.807, 2.05) is 6.92 Å². The minimum absolute atomic E-state index is 0.140. The van der Waals surface area contributed by atoms with Gasteiger partial charge in [-0.15, -0.1) is 12.3 Å². The highest BCUT2D eigenvalue weighted by molar-refractivity contribution is 5.89. The molecule has 1 saturated heterocycles. The van der Waals surface area contributed by atoms with Crippen LogP contribution in [-0.4, -0.2) is 47.4 Å². The maximum atomic E-state index is 11.8. The van der Waals surface area contributed by atoms with Crippen molar-refractivity contribution in [1.29, 1.82) is 0 Å². The van der Waals surface area contributed by atoms with Gasteiger partial charge in [0.05, 0.1) is 12.2 Å². The molecule has 1 heterocycles. The van der Waals surface area contributed by atoms with E-state index in [2.05, 4.69) is 16.6 Å². The Morgan fingerprint density at radius 2 is 2.07 bits per heavy atom. The lowest BCUT2D eigenvalue weighted by Crippen LogP contribution is -2.50. The van der Waals surface area contributed by atoms with Gasteiger partial charge in [0.15, 0.2) is 0 Å². The van der Waals surface area contributed by atoms with E-state index in [-0.39, 0.29) is 12.1 Å². The van der Waals surface area contributed by atoms with Gasteiger partial charge in [-0.1, -0.05) is 13.3 Å².